The maximum Gasteiger partial charge on any atom is 0.127 e. The lowest BCUT2D eigenvalue weighted by molar-refractivity contribution is -0.0550. The molecule has 2 atom stereocenters. The van der Waals surface area contributed by atoms with E-state index in [1.54, 1.807) is 6.07 Å². The van der Waals surface area contributed by atoms with Crippen molar-refractivity contribution in [2.24, 2.45) is 0 Å². The summed E-state index contributed by atoms with van der Waals surface area (Å²) < 4.78 is 26.3. The predicted molar refractivity (Wildman–Crippen MR) is 99.2 cm³/mol. The van der Waals surface area contributed by atoms with E-state index in [0.29, 0.717) is 19.8 Å². The first-order chi connectivity index (χ1) is 12.7. The first kappa shape index (κ1) is 17.7. The normalized spacial score (nSPS) is 26.4. The highest BCUT2D eigenvalue weighted by Crippen LogP contribution is 2.36. The molecule has 4 heteroatoms. The Morgan fingerprint density at radius 3 is 2.77 bits per heavy atom. The second-order valence-electron chi connectivity index (χ2n) is 7.52. The van der Waals surface area contributed by atoms with Crippen LogP contribution in [0.15, 0.2) is 54.6 Å². The second-order valence-corrected chi connectivity index (χ2v) is 7.52. The van der Waals surface area contributed by atoms with Gasteiger partial charge in [0.1, 0.15) is 5.82 Å². The lowest BCUT2D eigenvalue weighted by atomic mass is 9.89. The molecule has 2 aromatic rings. The van der Waals surface area contributed by atoms with Gasteiger partial charge in [0.25, 0.3) is 0 Å². The number of halogens is 1. The van der Waals surface area contributed by atoms with Crippen LogP contribution in [-0.4, -0.2) is 36.3 Å². The van der Waals surface area contributed by atoms with Crippen molar-refractivity contribution in [1.82, 2.24) is 4.90 Å². The highest BCUT2D eigenvalue weighted by Gasteiger charge is 2.43. The van der Waals surface area contributed by atoms with E-state index in [0.717, 1.165) is 37.9 Å². The van der Waals surface area contributed by atoms with Crippen LogP contribution in [0.4, 0.5) is 4.39 Å². The van der Waals surface area contributed by atoms with E-state index in [4.69, 9.17) is 9.47 Å². The van der Waals surface area contributed by atoms with Crippen LogP contribution in [0.1, 0.15) is 30.4 Å². The monoisotopic (exact) mass is 355 g/mol. The highest BCUT2D eigenvalue weighted by molar-refractivity contribution is 5.17. The topological polar surface area (TPSA) is 21.7 Å². The fourth-order valence-corrected chi connectivity index (χ4v) is 4.18. The smallest absolute Gasteiger partial charge is 0.127 e. The van der Waals surface area contributed by atoms with Crippen LogP contribution < -0.4 is 0 Å². The summed E-state index contributed by atoms with van der Waals surface area (Å²) in [5.41, 5.74) is 1.82. The molecule has 2 aliphatic rings. The average Bonchev–Trinajstić information content (AvgIpc) is 3.05. The molecule has 0 amide bonds. The molecular formula is C22H26FNO2. The highest BCUT2D eigenvalue weighted by atomic mass is 19.1. The minimum atomic E-state index is -0.134. The van der Waals surface area contributed by atoms with Crippen LogP contribution in [0.25, 0.3) is 0 Å². The fraction of sp³-hybridized carbons (Fsp3) is 0.455. The third-order valence-electron chi connectivity index (χ3n) is 5.47. The van der Waals surface area contributed by atoms with Crippen LogP contribution in [-0.2, 0) is 22.6 Å². The van der Waals surface area contributed by atoms with Crippen molar-refractivity contribution >= 4 is 0 Å². The summed E-state index contributed by atoms with van der Waals surface area (Å²) in [7, 11) is 0. The van der Waals surface area contributed by atoms with Gasteiger partial charge in [-0.1, -0.05) is 48.5 Å². The summed E-state index contributed by atoms with van der Waals surface area (Å²) in [6.07, 6.45) is 3.21. The number of ether oxygens (including phenoxy) is 2. The SMILES string of the molecule is Fc1ccccc1CN1CCC[C@@]2(C[C@H](OCc3ccccc3)CO2)C1. The number of benzene rings is 2. The Balaban J connectivity index is 1.33. The summed E-state index contributed by atoms with van der Waals surface area (Å²) in [6.45, 7) is 3.78. The summed E-state index contributed by atoms with van der Waals surface area (Å²) >= 11 is 0. The van der Waals surface area contributed by atoms with Gasteiger partial charge < -0.3 is 9.47 Å². The summed E-state index contributed by atoms with van der Waals surface area (Å²) in [5.74, 6) is -0.122. The van der Waals surface area contributed by atoms with Gasteiger partial charge in [-0.05, 0) is 31.0 Å². The molecule has 3 nitrogen and oxygen atoms in total. The van der Waals surface area contributed by atoms with Crippen molar-refractivity contribution in [1.29, 1.82) is 0 Å². The van der Waals surface area contributed by atoms with Crippen molar-refractivity contribution in [3.63, 3.8) is 0 Å². The standard InChI is InChI=1S/C22H26FNO2/c23-21-10-5-4-9-19(21)14-24-12-6-11-22(17-24)13-20(16-26-22)25-15-18-7-2-1-3-8-18/h1-5,7-10,20H,6,11-17H2/t20-,22+/m0/s1. The lowest BCUT2D eigenvalue weighted by Crippen LogP contribution is -2.47. The number of hydrogen-bond acceptors (Lipinski definition) is 3. The van der Waals surface area contributed by atoms with Gasteiger partial charge in [-0.3, -0.25) is 4.90 Å². The van der Waals surface area contributed by atoms with Crippen molar-refractivity contribution in [2.75, 3.05) is 19.7 Å². The number of hydrogen-bond donors (Lipinski definition) is 0. The number of piperidine rings is 1. The molecule has 138 valence electrons. The van der Waals surface area contributed by atoms with E-state index in [1.165, 1.54) is 11.6 Å². The molecule has 0 N–H and O–H groups in total. The molecule has 2 fully saturated rings. The Bertz CT molecular complexity index is 723. The molecule has 4 rings (SSSR count). The number of nitrogens with zero attached hydrogens (tertiary/aromatic N) is 1. The Labute approximate surface area is 154 Å². The molecule has 1 spiro atoms. The van der Waals surface area contributed by atoms with E-state index in [2.05, 4.69) is 17.0 Å². The molecule has 0 unspecified atom stereocenters. The van der Waals surface area contributed by atoms with Crippen molar-refractivity contribution in [2.45, 2.75) is 44.1 Å². The summed E-state index contributed by atoms with van der Waals surface area (Å²) in [5, 5.41) is 0. The Morgan fingerprint density at radius 2 is 1.92 bits per heavy atom. The third-order valence-corrected chi connectivity index (χ3v) is 5.47. The van der Waals surface area contributed by atoms with Crippen LogP contribution in [0.3, 0.4) is 0 Å². The van der Waals surface area contributed by atoms with E-state index >= 15 is 0 Å². The van der Waals surface area contributed by atoms with Gasteiger partial charge in [-0.15, -0.1) is 0 Å². The van der Waals surface area contributed by atoms with Crippen molar-refractivity contribution in [3.8, 4) is 0 Å². The Morgan fingerprint density at radius 1 is 1.12 bits per heavy atom. The van der Waals surface area contributed by atoms with Crippen LogP contribution in [0.2, 0.25) is 0 Å². The minimum absolute atomic E-state index is 0.122. The van der Waals surface area contributed by atoms with Crippen molar-refractivity contribution in [3.05, 3.63) is 71.5 Å². The van der Waals surface area contributed by atoms with E-state index < -0.39 is 0 Å². The third kappa shape index (κ3) is 4.14. The fourth-order valence-electron chi connectivity index (χ4n) is 4.18. The molecule has 2 saturated heterocycles. The maximum atomic E-state index is 14.0. The first-order valence-electron chi connectivity index (χ1n) is 9.48. The molecule has 2 aliphatic heterocycles. The zero-order valence-electron chi connectivity index (χ0n) is 15.1. The summed E-state index contributed by atoms with van der Waals surface area (Å²) in [4.78, 5) is 2.32. The van der Waals surface area contributed by atoms with Crippen LogP contribution in [0, 0.1) is 5.82 Å². The van der Waals surface area contributed by atoms with E-state index in [-0.39, 0.29) is 17.5 Å². The van der Waals surface area contributed by atoms with Gasteiger partial charge in [0.15, 0.2) is 0 Å². The van der Waals surface area contributed by atoms with Gasteiger partial charge in [-0.25, -0.2) is 4.39 Å². The van der Waals surface area contributed by atoms with Crippen LogP contribution in [0.5, 0.6) is 0 Å². The van der Waals surface area contributed by atoms with Gasteiger partial charge >= 0.3 is 0 Å². The number of rotatable bonds is 5. The predicted octanol–water partition coefficient (Wildman–Crippen LogP) is 4.17. The first-order valence-corrected chi connectivity index (χ1v) is 9.48. The van der Waals surface area contributed by atoms with Gasteiger partial charge in [-0.2, -0.15) is 0 Å². The summed E-state index contributed by atoms with van der Waals surface area (Å²) in [6, 6.07) is 17.3. The molecule has 2 heterocycles. The zero-order chi connectivity index (χ0) is 17.8. The average molecular weight is 355 g/mol. The zero-order valence-corrected chi connectivity index (χ0v) is 15.1. The molecule has 26 heavy (non-hydrogen) atoms. The van der Waals surface area contributed by atoms with E-state index in [1.807, 2.05) is 30.3 Å². The molecule has 0 aliphatic carbocycles. The minimum Gasteiger partial charge on any atom is -0.371 e. The van der Waals surface area contributed by atoms with Gasteiger partial charge in [0.2, 0.25) is 0 Å². The van der Waals surface area contributed by atoms with Gasteiger partial charge in [0.05, 0.1) is 24.9 Å². The quantitative estimate of drug-likeness (QED) is 0.804. The molecule has 0 bridgehead atoms. The Hall–Kier alpha value is -1.75. The lowest BCUT2D eigenvalue weighted by Gasteiger charge is -2.39. The number of likely N-dealkylation sites (tertiary alicyclic amines) is 1. The molecular weight excluding hydrogens is 329 g/mol. The molecule has 0 saturated carbocycles. The van der Waals surface area contributed by atoms with Gasteiger partial charge in [0, 0.05) is 25.1 Å². The van der Waals surface area contributed by atoms with Crippen molar-refractivity contribution < 1.29 is 13.9 Å². The largest absolute Gasteiger partial charge is 0.371 e. The molecule has 0 radical (unpaired) electrons. The second kappa shape index (κ2) is 7.87. The van der Waals surface area contributed by atoms with Crippen LogP contribution >= 0.6 is 0 Å². The van der Waals surface area contributed by atoms with E-state index in [9.17, 15) is 4.39 Å². The molecule has 2 aromatic carbocycles. The molecule has 0 aromatic heterocycles. The maximum absolute atomic E-state index is 14.0. The Kier molecular flexibility index (Phi) is 5.34.